The summed E-state index contributed by atoms with van der Waals surface area (Å²) in [7, 11) is 0. The van der Waals surface area contributed by atoms with Crippen molar-refractivity contribution in [1.29, 1.82) is 0 Å². The highest BCUT2D eigenvalue weighted by Crippen LogP contribution is 2.10. The maximum absolute atomic E-state index is 11.7. The van der Waals surface area contributed by atoms with E-state index in [9.17, 15) is 9.59 Å². The van der Waals surface area contributed by atoms with Crippen molar-refractivity contribution in [3.05, 3.63) is 23.0 Å². The van der Waals surface area contributed by atoms with Crippen molar-refractivity contribution in [3.8, 4) is 0 Å². The number of hydrogen-bond donors (Lipinski definition) is 1. The molecule has 0 aliphatic rings. The minimum absolute atomic E-state index is 0.161. The van der Waals surface area contributed by atoms with Gasteiger partial charge in [-0.2, -0.15) is 0 Å². The minimum Gasteiger partial charge on any atom is -0.457 e. The van der Waals surface area contributed by atoms with Crippen molar-refractivity contribution in [3.63, 3.8) is 0 Å². The zero-order chi connectivity index (χ0) is 12.1. The molecule has 1 rings (SSSR count). The molecule has 0 radical (unpaired) electrons. The summed E-state index contributed by atoms with van der Waals surface area (Å²) in [4.78, 5) is 25.8. The number of esters is 1. The van der Waals surface area contributed by atoms with Gasteiger partial charge in [0.1, 0.15) is 0 Å². The van der Waals surface area contributed by atoms with Gasteiger partial charge in [-0.05, 0) is 26.3 Å². The number of aromatic amines is 1. The van der Waals surface area contributed by atoms with Gasteiger partial charge in [-0.1, -0.05) is 6.92 Å². The van der Waals surface area contributed by atoms with E-state index in [1.54, 1.807) is 6.07 Å². The molecule has 4 nitrogen and oxygen atoms in total. The third-order valence-corrected chi connectivity index (χ3v) is 2.27. The number of nitrogens with one attached hydrogen (secondary N) is 1. The van der Waals surface area contributed by atoms with Crippen molar-refractivity contribution in [1.82, 2.24) is 4.98 Å². The largest absolute Gasteiger partial charge is 0.457 e. The summed E-state index contributed by atoms with van der Waals surface area (Å²) in [5, 5.41) is 0. The highest BCUT2D eigenvalue weighted by molar-refractivity contribution is 5.99. The van der Waals surface area contributed by atoms with E-state index in [2.05, 4.69) is 4.98 Å². The molecule has 1 N–H and O–H groups in total. The molecule has 0 atom stereocenters. The number of aryl methyl sites for hydroxylation is 2. The smallest absolute Gasteiger partial charge is 0.306 e. The molecule has 0 saturated carbocycles. The van der Waals surface area contributed by atoms with Gasteiger partial charge >= 0.3 is 5.97 Å². The lowest BCUT2D eigenvalue weighted by Gasteiger charge is -2.02. The number of aromatic nitrogens is 1. The first-order chi connectivity index (χ1) is 7.54. The second-order valence-electron chi connectivity index (χ2n) is 3.82. The van der Waals surface area contributed by atoms with E-state index < -0.39 is 0 Å². The third kappa shape index (κ3) is 3.22. The van der Waals surface area contributed by atoms with Crippen molar-refractivity contribution in [2.24, 2.45) is 0 Å². The van der Waals surface area contributed by atoms with Crippen LogP contribution < -0.4 is 0 Å². The topological polar surface area (TPSA) is 59.2 Å². The highest BCUT2D eigenvalue weighted by atomic mass is 16.5. The van der Waals surface area contributed by atoms with Gasteiger partial charge in [0.05, 0.1) is 0 Å². The Hall–Kier alpha value is -1.58. The van der Waals surface area contributed by atoms with E-state index >= 15 is 0 Å². The third-order valence-electron chi connectivity index (χ3n) is 2.27. The molecule has 0 bridgehead atoms. The number of hydrogen-bond acceptors (Lipinski definition) is 3. The van der Waals surface area contributed by atoms with Crippen LogP contribution in [0.4, 0.5) is 0 Å². The molecule has 0 aliphatic heterocycles. The predicted molar refractivity (Wildman–Crippen MR) is 60.5 cm³/mol. The molecule has 0 amide bonds. The minimum atomic E-state index is -0.319. The first-order valence-electron chi connectivity index (χ1n) is 5.39. The number of carbonyl (C=O) groups is 2. The van der Waals surface area contributed by atoms with E-state index in [1.807, 2.05) is 20.8 Å². The van der Waals surface area contributed by atoms with Crippen LogP contribution >= 0.6 is 0 Å². The van der Waals surface area contributed by atoms with Gasteiger partial charge in [0.2, 0.25) is 5.78 Å². The molecule has 0 fully saturated rings. The monoisotopic (exact) mass is 223 g/mol. The van der Waals surface area contributed by atoms with Crippen molar-refractivity contribution in [2.75, 3.05) is 6.61 Å². The molecule has 0 aliphatic carbocycles. The van der Waals surface area contributed by atoms with Crippen LogP contribution in [0.3, 0.4) is 0 Å². The van der Waals surface area contributed by atoms with Crippen LogP contribution in [-0.4, -0.2) is 23.3 Å². The molecule has 1 heterocycles. The van der Waals surface area contributed by atoms with Gasteiger partial charge in [-0.15, -0.1) is 0 Å². The normalized spacial score (nSPS) is 10.2. The van der Waals surface area contributed by atoms with Crippen LogP contribution in [0.15, 0.2) is 6.07 Å². The summed E-state index contributed by atoms with van der Waals surface area (Å²) in [5.41, 5.74) is 2.34. The molecule has 1 aromatic heterocycles. The number of H-pyrrole nitrogens is 1. The molecular formula is C12H17NO3. The van der Waals surface area contributed by atoms with Gasteiger partial charge in [0.25, 0.3) is 0 Å². The second-order valence-corrected chi connectivity index (χ2v) is 3.82. The first-order valence-corrected chi connectivity index (χ1v) is 5.39. The predicted octanol–water partition coefficient (Wildman–Crippen LogP) is 2.16. The van der Waals surface area contributed by atoms with Gasteiger partial charge in [-0.3, -0.25) is 9.59 Å². The van der Waals surface area contributed by atoms with E-state index in [0.29, 0.717) is 12.0 Å². The van der Waals surface area contributed by atoms with Gasteiger partial charge in [0, 0.05) is 23.4 Å². The van der Waals surface area contributed by atoms with Crippen LogP contribution in [0.25, 0.3) is 0 Å². The molecule has 0 spiro atoms. The average Bonchev–Trinajstić information content (AvgIpc) is 2.55. The number of carbonyl (C=O) groups excluding carboxylic acids is 2. The number of rotatable bonds is 5. The van der Waals surface area contributed by atoms with Crippen LogP contribution in [0, 0.1) is 13.8 Å². The van der Waals surface area contributed by atoms with E-state index in [4.69, 9.17) is 4.74 Å². The highest BCUT2D eigenvalue weighted by Gasteiger charge is 2.13. The standard InChI is InChI=1S/C12H17NO3/c1-4-5-12(15)16-7-11(14)10-6-8(2)13-9(10)3/h6,13H,4-5,7H2,1-3H3. The molecule has 16 heavy (non-hydrogen) atoms. The Balaban J connectivity index is 2.53. The summed E-state index contributed by atoms with van der Waals surface area (Å²) in [6, 6.07) is 1.77. The van der Waals surface area contributed by atoms with Crippen LogP contribution in [0.5, 0.6) is 0 Å². The quantitative estimate of drug-likeness (QED) is 0.614. The van der Waals surface area contributed by atoms with E-state index in [0.717, 1.165) is 17.8 Å². The molecule has 0 saturated heterocycles. The summed E-state index contributed by atoms with van der Waals surface area (Å²) < 4.78 is 4.86. The molecular weight excluding hydrogens is 206 g/mol. The van der Waals surface area contributed by atoms with Crippen LogP contribution in [-0.2, 0) is 9.53 Å². The molecule has 88 valence electrons. The number of ketones is 1. The maximum Gasteiger partial charge on any atom is 0.306 e. The van der Waals surface area contributed by atoms with Gasteiger partial charge in [-0.25, -0.2) is 0 Å². The molecule has 0 aromatic carbocycles. The fraction of sp³-hybridized carbons (Fsp3) is 0.500. The van der Waals surface area contributed by atoms with Crippen LogP contribution in [0.1, 0.15) is 41.5 Å². The van der Waals surface area contributed by atoms with Crippen molar-refractivity contribution >= 4 is 11.8 Å². The van der Waals surface area contributed by atoms with Crippen molar-refractivity contribution in [2.45, 2.75) is 33.6 Å². The zero-order valence-electron chi connectivity index (χ0n) is 9.92. The lowest BCUT2D eigenvalue weighted by molar-refractivity contribution is -0.142. The Bertz CT molecular complexity index is 393. The molecule has 4 heteroatoms. The number of Topliss-reactive ketones (excluding diaryl/α,β-unsaturated/α-hetero) is 1. The van der Waals surface area contributed by atoms with Crippen LogP contribution in [0.2, 0.25) is 0 Å². The second kappa shape index (κ2) is 5.49. The summed E-state index contributed by atoms with van der Waals surface area (Å²) in [6.45, 7) is 5.43. The first kappa shape index (κ1) is 12.5. The number of ether oxygens (including phenoxy) is 1. The maximum atomic E-state index is 11.7. The fourth-order valence-electron chi connectivity index (χ4n) is 1.51. The van der Waals surface area contributed by atoms with E-state index in [1.165, 1.54) is 0 Å². The SMILES string of the molecule is CCCC(=O)OCC(=O)c1cc(C)[nH]c1C. The summed E-state index contributed by atoms with van der Waals surface area (Å²) in [5.74, 6) is -0.480. The average molecular weight is 223 g/mol. The fourth-order valence-corrected chi connectivity index (χ4v) is 1.51. The van der Waals surface area contributed by atoms with E-state index in [-0.39, 0.29) is 18.4 Å². The molecule has 0 unspecified atom stereocenters. The zero-order valence-corrected chi connectivity index (χ0v) is 9.92. The lowest BCUT2D eigenvalue weighted by atomic mass is 10.1. The Morgan fingerprint density at radius 3 is 2.56 bits per heavy atom. The van der Waals surface area contributed by atoms with Gasteiger partial charge in [0.15, 0.2) is 6.61 Å². The summed E-state index contributed by atoms with van der Waals surface area (Å²) in [6.07, 6.45) is 1.09. The van der Waals surface area contributed by atoms with Crippen molar-refractivity contribution < 1.29 is 14.3 Å². The lowest BCUT2D eigenvalue weighted by Crippen LogP contribution is -2.14. The Morgan fingerprint density at radius 2 is 2.06 bits per heavy atom. The Labute approximate surface area is 95.0 Å². The summed E-state index contributed by atoms with van der Waals surface area (Å²) >= 11 is 0. The Kier molecular flexibility index (Phi) is 4.28. The van der Waals surface area contributed by atoms with Gasteiger partial charge < -0.3 is 9.72 Å². The Morgan fingerprint density at radius 1 is 1.38 bits per heavy atom. The molecule has 1 aromatic rings.